The second kappa shape index (κ2) is 7.39. The average Bonchev–Trinajstić information content (AvgIpc) is 2.38. The molecule has 0 aromatic heterocycles. The first kappa shape index (κ1) is 16.6. The Labute approximate surface area is 122 Å². The summed E-state index contributed by atoms with van der Waals surface area (Å²) >= 11 is 0. The zero-order chi connectivity index (χ0) is 15.3. The number of hydrogen-bond donors (Lipinski definition) is 1. The van der Waals surface area contributed by atoms with Crippen molar-refractivity contribution in [3.05, 3.63) is 17.7 Å². The van der Waals surface area contributed by atoms with Crippen molar-refractivity contribution in [1.82, 2.24) is 4.90 Å². The van der Waals surface area contributed by atoms with E-state index in [0.29, 0.717) is 23.5 Å². The molecule has 0 aliphatic rings. The molecular formula is C16H27NO3. The van der Waals surface area contributed by atoms with Gasteiger partial charge in [0.25, 0.3) is 0 Å². The van der Waals surface area contributed by atoms with Gasteiger partial charge in [0.05, 0.1) is 14.2 Å². The Morgan fingerprint density at radius 3 is 1.90 bits per heavy atom. The van der Waals surface area contributed by atoms with E-state index in [1.165, 1.54) is 0 Å². The minimum Gasteiger partial charge on any atom is -0.502 e. The first-order chi connectivity index (χ1) is 9.38. The number of rotatable bonds is 7. The second-order valence-corrected chi connectivity index (χ2v) is 5.77. The van der Waals surface area contributed by atoms with Gasteiger partial charge in [0.2, 0.25) is 5.75 Å². The van der Waals surface area contributed by atoms with Gasteiger partial charge in [-0.15, -0.1) is 0 Å². The van der Waals surface area contributed by atoms with Crippen molar-refractivity contribution in [2.24, 2.45) is 5.92 Å². The van der Waals surface area contributed by atoms with Gasteiger partial charge < -0.3 is 14.6 Å². The molecule has 0 saturated heterocycles. The minimum absolute atomic E-state index is 0.0544. The molecule has 0 fully saturated rings. The fourth-order valence-electron chi connectivity index (χ4n) is 2.20. The maximum absolute atomic E-state index is 9.94. The molecule has 114 valence electrons. The third-order valence-corrected chi connectivity index (χ3v) is 3.26. The fourth-order valence-corrected chi connectivity index (χ4v) is 2.20. The molecule has 0 aliphatic heterocycles. The number of ether oxygens (including phenoxy) is 2. The lowest BCUT2D eigenvalue weighted by atomic mass is 10.1. The van der Waals surface area contributed by atoms with Crippen molar-refractivity contribution >= 4 is 0 Å². The van der Waals surface area contributed by atoms with Crippen LogP contribution in [0.1, 0.15) is 33.3 Å². The number of aromatic hydroxyl groups is 1. The van der Waals surface area contributed by atoms with Crippen LogP contribution in [0.25, 0.3) is 0 Å². The number of nitrogens with zero attached hydrogens (tertiary/aromatic N) is 1. The summed E-state index contributed by atoms with van der Waals surface area (Å²) in [5, 5.41) is 9.94. The van der Waals surface area contributed by atoms with Crippen molar-refractivity contribution < 1.29 is 14.6 Å². The topological polar surface area (TPSA) is 41.9 Å². The van der Waals surface area contributed by atoms with Crippen LogP contribution < -0.4 is 9.47 Å². The zero-order valence-corrected chi connectivity index (χ0v) is 13.4. The van der Waals surface area contributed by atoms with E-state index in [0.717, 1.165) is 18.7 Å². The molecule has 0 bridgehead atoms. The highest BCUT2D eigenvalue weighted by Gasteiger charge is 2.16. The Kier molecular flexibility index (Phi) is 6.14. The first-order valence-electron chi connectivity index (χ1n) is 7.06. The number of phenolic OH excluding ortho intramolecular Hbond substituents is 1. The molecule has 0 aliphatic carbocycles. The van der Waals surface area contributed by atoms with Crippen molar-refractivity contribution in [2.45, 2.75) is 40.3 Å². The Morgan fingerprint density at radius 2 is 1.55 bits per heavy atom. The highest BCUT2D eigenvalue weighted by molar-refractivity contribution is 5.52. The SMILES string of the molecule is COc1cc(CN(CC(C)C)C(C)C)cc(OC)c1O. The van der Waals surface area contributed by atoms with Gasteiger partial charge >= 0.3 is 0 Å². The van der Waals surface area contributed by atoms with E-state index >= 15 is 0 Å². The Hall–Kier alpha value is -1.42. The van der Waals surface area contributed by atoms with E-state index in [-0.39, 0.29) is 5.75 Å². The van der Waals surface area contributed by atoms with Crippen LogP contribution in [-0.4, -0.2) is 36.8 Å². The van der Waals surface area contributed by atoms with Gasteiger partial charge in [-0.2, -0.15) is 0 Å². The van der Waals surface area contributed by atoms with Gasteiger partial charge in [-0.05, 0) is 37.5 Å². The summed E-state index contributed by atoms with van der Waals surface area (Å²) in [5.74, 6) is 1.57. The third kappa shape index (κ3) is 4.30. The minimum atomic E-state index is 0.0544. The largest absolute Gasteiger partial charge is 0.502 e. The summed E-state index contributed by atoms with van der Waals surface area (Å²) in [6.45, 7) is 10.7. The smallest absolute Gasteiger partial charge is 0.200 e. The lowest BCUT2D eigenvalue weighted by Gasteiger charge is -2.28. The monoisotopic (exact) mass is 281 g/mol. The molecule has 0 saturated carbocycles. The molecule has 1 aromatic carbocycles. The lowest BCUT2D eigenvalue weighted by molar-refractivity contribution is 0.188. The van der Waals surface area contributed by atoms with Gasteiger partial charge in [-0.25, -0.2) is 0 Å². The second-order valence-electron chi connectivity index (χ2n) is 5.77. The van der Waals surface area contributed by atoms with Gasteiger partial charge in [-0.1, -0.05) is 13.8 Å². The van der Waals surface area contributed by atoms with Crippen LogP contribution in [0.3, 0.4) is 0 Å². The Balaban J connectivity index is 3.00. The van der Waals surface area contributed by atoms with Gasteiger partial charge in [0, 0.05) is 19.1 Å². The molecule has 0 spiro atoms. The molecule has 0 heterocycles. The molecular weight excluding hydrogens is 254 g/mol. The van der Waals surface area contributed by atoms with Crippen molar-refractivity contribution in [2.75, 3.05) is 20.8 Å². The van der Waals surface area contributed by atoms with Crippen LogP contribution in [-0.2, 0) is 6.54 Å². The molecule has 4 heteroatoms. The van der Waals surface area contributed by atoms with Gasteiger partial charge in [0.15, 0.2) is 11.5 Å². The molecule has 0 amide bonds. The van der Waals surface area contributed by atoms with Crippen molar-refractivity contribution in [1.29, 1.82) is 0 Å². The molecule has 1 rings (SSSR count). The fraction of sp³-hybridized carbons (Fsp3) is 0.625. The average molecular weight is 281 g/mol. The Bertz CT molecular complexity index is 405. The Morgan fingerprint density at radius 1 is 1.05 bits per heavy atom. The summed E-state index contributed by atoms with van der Waals surface area (Å²) in [7, 11) is 3.10. The normalized spacial score (nSPS) is 11.4. The predicted octanol–water partition coefficient (Wildman–Crippen LogP) is 3.28. The highest BCUT2D eigenvalue weighted by Crippen LogP contribution is 2.37. The van der Waals surface area contributed by atoms with Crippen LogP contribution in [0.2, 0.25) is 0 Å². The molecule has 0 radical (unpaired) electrons. The van der Waals surface area contributed by atoms with E-state index in [4.69, 9.17) is 9.47 Å². The van der Waals surface area contributed by atoms with Crippen molar-refractivity contribution in [3.8, 4) is 17.2 Å². The number of phenols is 1. The van der Waals surface area contributed by atoms with Crippen LogP contribution in [0, 0.1) is 5.92 Å². The summed E-state index contributed by atoms with van der Waals surface area (Å²) in [6.07, 6.45) is 0. The molecule has 0 atom stereocenters. The van der Waals surface area contributed by atoms with Crippen LogP contribution in [0.5, 0.6) is 17.2 Å². The van der Waals surface area contributed by atoms with Crippen LogP contribution in [0.4, 0.5) is 0 Å². The molecule has 0 unspecified atom stereocenters. The summed E-state index contributed by atoms with van der Waals surface area (Å²) in [6, 6.07) is 4.20. The maximum Gasteiger partial charge on any atom is 0.200 e. The molecule has 1 N–H and O–H groups in total. The summed E-state index contributed by atoms with van der Waals surface area (Å²) in [5.41, 5.74) is 1.07. The molecule has 20 heavy (non-hydrogen) atoms. The quantitative estimate of drug-likeness (QED) is 0.833. The third-order valence-electron chi connectivity index (χ3n) is 3.26. The standard InChI is InChI=1S/C16H27NO3/c1-11(2)9-17(12(3)4)10-13-7-14(19-5)16(18)15(8-13)20-6/h7-8,11-12,18H,9-10H2,1-6H3. The van der Waals surface area contributed by atoms with Gasteiger partial charge in [0.1, 0.15) is 0 Å². The molecule has 4 nitrogen and oxygen atoms in total. The van der Waals surface area contributed by atoms with Crippen LogP contribution in [0.15, 0.2) is 12.1 Å². The highest BCUT2D eigenvalue weighted by atomic mass is 16.5. The van der Waals surface area contributed by atoms with Crippen LogP contribution >= 0.6 is 0 Å². The van der Waals surface area contributed by atoms with Gasteiger partial charge in [-0.3, -0.25) is 4.90 Å². The summed E-state index contributed by atoms with van der Waals surface area (Å²) in [4.78, 5) is 2.40. The van der Waals surface area contributed by atoms with E-state index in [2.05, 4.69) is 32.6 Å². The predicted molar refractivity (Wildman–Crippen MR) is 81.6 cm³/mol. The lowest BCUT2D eigenvalue weighted by Crippen LogP contribution is -2.33. The van der Waals surface area contributed by atoms with E-state index in [1.54, 1.807) is 14.2 Å². The zero-order valence-electron chi connectivity index (χ0n) is 13.4. The molecule has 1 aromatic rings. The first-order valence-corrected chi connectivity index (χ1v) is 7.06. The summed E-state index contributed by atoms with van der Waals surface area (Å²) < 4.78 is 10.4. The number of hydrogen-bond acceptors (Lipinski definition) is 4. The van der Waals surface area contributed by atoms with E-state index < -0.39 is 0 Å². The van der Waals surface area contributed by atoms with Crippen molar-refractivity contribution in [3.63, 3.8) is 0 Å². The number of benzene rings is 1. The maximum atomic E-state index is 9.94. The van der Waals surface area contributed by atoms with E-state index in [1.807, 2.05) is 12.1 Å². The number of methoxy groups -OCH3 is 2. The van der Waals surface area contributed by atoms with E-state index in [9.17, 15) is 5.11 Å².